The molecule has 1 aromatic heterocycles. The minimum atomic E-state index is -2.59. The molecule has 38 heavy (non-hydrogen) atoms. The zero-order valence-corrected chi connectivity index (χ0v) is 24.0. The third-order valence-corrected chi connectivity index (χ3v) is 9.95. The first-order valence-corrected chi connectivity index (χ1v) is 16.5. The van der Waals surface area contributed by atoms with Gasteiger partial charge in [0.1, 0.15) is 12.2 Å². The van der Waals surface area contributed by atoms with E-state index in [4.69, 9.17) is 27.9 Å². The van der Waals surface area contributed by atoms with Crippen LogP contribution in [0.1, 0.15) is 30.4 Å². The third kappa shape index (κ3) is 5.45. The van der Waals surface area contributed by atoms with Crippen molar-refractivity contribution < 1.29 is 9.30 Å². The fourth-order valence-corrected chi connectivity index (χ4v) is 7.55. The summed E-state index contributed by atoms with van der Waals surface area (Å²) in [5.74, 6) is 0.866. The summed E-state index contributed by atoms with van der Waals surface area (Å²) in [6.07, 6.45) is 7.74. The molecule has 2 saturated heterocycles. The van der Waals surface area contributed by atoms with Crippen molar-refractivity contribution in [1.29, 1.82) is 0 Å². The summed E-state index contributed by atoms with van der Waals surface area (Å²) < 4.78 is 18.7. The average molecular weight is 572 g/mol. The molecule has 2 bridgehead atoms. The number of hydrogen-bond donors (Lipinski definition) is 2. The molecule has 0 spiro atoms. The van der Waals surface area contributed by atoms with Crippen LogP contribution in [0.25, 0.3) is 0 Å². The lowest BCUT2D eigenvalue weighted by molar-refractivity contribution is 0.00854. The molecule has 10 heteroatoms. The number of hydrogen-bond acceptors (Lipinski definition) is 7. The Labute approximate surface area is 233 Å². The average Bonchev–Trinajstić information content (AvgIpc) is 3.45. The molecule has 2 fully saturated rings. The van der Waals surface area contributed by atoms with Crippen molar-refractivity contribution in [1.82, 2.24) is 14.9 Å². The number of fused-ring (bicyclic) bond motifs is 3. The smallest absolute Gasteiger partial charge is 0.229 e. The van der Waals surface area contributed by atoms with Crippen LogP contribution in [0.2, 0.25) is 10.0 Å². The molecule has 0 radical (unpaired) electrons. The Morgan fingerprint density at radius 1 is 1.03 bits per heavy atom. The lowest BCUT2D eigenvalue weighted by atomic mass is 10.0. The number of morpholine rings is 1. The molecular formula is C28H32Cl2N5O2P. The first-order chi connectivity index (χ1) is 18.2. The highest BCUT2D eigenvalue weighted by atomic mass is 35.5. The molecule has 0 unspecified atom stereocenters. The largest absolute Gasteiger partial charge is 0.375 e. The molecule has 2 aromatic carbocycles. The maximum absolute atomic E-state index is 12.9. The number of aryl methyl sites for hydroxylation is 2. The fourth-order valence-electron chi connectivity index (χ4n) is 6.00. The summed E-state index contributed by atoms with van der Waals surface area (Å²) >= 11 is 12.6. The maximum Gasteiger partial charge on any atom is 0.229 e. The highest BCUT2D eigenvalue weighted by molar-refractivity contribution is 7.70. The lowest BCUT2D eigenvalue weighted by Gasteiger charge is -2.34. The van der Waals surface area contributed by atoms with Crippen molar-refractivity contribution in [2.75, 3.05) is 37.1 Å². The molecule has 3 heterocycles. The van der Waals surface area contributed by atoms with E-state index in [1.54, 1.807) is 37.7 Å². The lowest BCUT2D eigenvalue weighted by Crippen LogP contribution is -2.44. The summed E-state index contributed by atoms with van der Waals surface area (Å²) in [5, 5.41) is 8.12. The van der Waals surface area contributed by atoms with Crippen LogP contribution in [0.5, 0.6) is 0 Å². The molecular weight excluding hydrogens is 540 g/mol. The van der Waals surface area contributed by atoms with Gasteiger partial charge in [-0.3, -0.25) is 4.90 Å². The van der Waals surface area contributed by atoms with Gasteiger partial charge in [0.05, 0.1) is 24.6 Å². The molecule has 7 nitrogen and oxygen atoms in total. The van der Waals surface area contributed by atoms with Gasteiger partial charge < -0.3 is 19.9 Å². The number of anilines is 4. The Balaban J connectivity index is 1.18. The zero-order chi connectivity index (χ0) is 26.4. The maximum atomic E-state index is 12.9. The van der Waals surface area contributed by atoms with Gasteiger partial charge >= 0.3 is 0 Å². The van der Waals surface area contributed by atoms with Crippen molar-refractivity contribution in [2.24, 2.45) is 0 Å². The van der Waals surface area contributed by atoms with Gasteiger partial charge in [-0.2, -0.15) is 4.98 Å². The summed E-state index contributed by atoms with van der Waals surface area (Å²) in [6.45, 7) is 5.41. The Morgan fingerprint density at radius 3 is 2.58 bits per heavy atom. The third-order valence-electron chi connectivity index (χ3n) is 7.91. The molecule has 3 atom stereocenters. The van der Waals surface area contributed by atoms with E-state index in [1.165, 1.54) is 30.4 Å². The van der Waals surface area contributed by atoms with E-state index in [0.717, 1.165) is 31.7 Å². The number of aromatic nitrogens is 2. The second kappa shape index (κ2) is 10.4. The van der Waals surface area contributed by atoms with Crippen LogP contribution in [-0.4, -0.2) is 59.5 Å². The van der Waals surface area contributed by atoms with Crippen LogP contribution in [0.15, 0.2) is 42.6 Å². The fraction of sp³-hybridized carbons (Fsp3) is 0.429. The van der Waals surface area contributed by atoms with Crippen molar-refractivity contribution in [3.63, 3.8) is 0 Å². The highest BCUT2D eigenvalue weighted by Gasteiger charge is 2.42. The first kappa shape index (κ1) is 26.1. The van der Waals surface area contributed by atoms with E-state index in [-0.39, 0.29) is 0 Å². The van der Waals surface area contributed by atoms with E-state index >= 15 is 0 Å². The minimum absolute atomic E-state index is 0.368. The van der Waals surface area contributed by atoms with Gasteiger partial charge in [-0.05, 0) is 86.9 Å². The summed E-state index contributed by atoms with van der Waals surface area (Å²) in [7, 11) is -2.59. The summed E-state index contributed by atoms with van der Waals surface area (Å²) in [4.78, 5) is 11.7. The molecule has 3 aliphatic rings. The van der Waals surface area contributed by atoms with Crippen molar-refractivity contribution in [3.05, 3.63) is 63.8 Å². The topological polar surface area (TPSA) is 79.4 Å². The second-order valence-electron chi connectivity index (χ2n) is 10.9. The number of likely N-dealkylation sites (tertiary alicyclic amines) is 1. The van der Waals surface area contributed by atoms with E-state index in [9.17, 15) is 4.57 Å². The Morgan fingerprint density at radius 2 is 1.84 bits per heavy atom. The van der Waals surface area contributed by atoms with Gasteiger partial charge in [-0.25, -0.2) is 4.98 Å². The van der Waals surface area contributed by atoms with Gasteiger partial charge in [0.15, 0.2) is 5.82 Å². The van der Waals surface area contributed by atoms with Crippen LogP contribution < -0.4 is 15.9 Å². The van der Waals surface area contributed by atoms with Crippen molar-refractivity contribution in [3.8, 4) is 0 Å². The van der Waals surface area contributed by atoms with Crippen LogP contribution in [-0.2, 0) is 22.1 Å². The second-order valence-corrected chi connectivity index (χ2v) is 14.9. The molecule has 2 aliphatic heterocycles. The predicted molar refractivity (Wildman–Crippen MR) is 156 cm³/mol. The summed E-state index contributed by atoms with van der Waals surface area (Å²) in [5.41, 5.74) is 4.42. The van der Waals surface area contributed by atoms with Crippen LogP contribution >= 0.6 is 30.3 Å². The van der Waals surface area contributed by atoms with Crippen molar-refractivity contribution in [2.45, 2.75) is 50.3 Å². The molecule has 2 N–H and O–H groups in total. The number of nitrogens with one attached hydrogen (secondary N) is 2. The van der Waals surface area contributed by atoms with Crippen LogP contribution in [0.3, 0.4) is 0 Å². The molecule has 0 amide bonds. The Kier molecular flexibility index (Phi) is 7.17. The first-order valence-electron chi connectivity index (χ1n) is 13.1. The molecule has 6 rings (SSSR count). The summed E-state index contributed by atoms with van der Waals surface area (Å²) in [6, 6.07) is 13.1. The number of benzene rings is 2. The molecule has 3 aromatic rings. The molecule has 200 valence electrons. The van der Waals surface area contributed by atoms with E-state index < -0.39 is 7.14 Å². The zero-order valence-electron chi connectivity index (χ0n) is 21.6. The predicted octanol–water partition coefficient (Wildman–Crippen LogP) is 6.24. The van der Waals surface area contributed by atoms with E-state index in [2.05, 4.69) is 43.7 Å². The van der Waals surface area contributed by atoms with Gasteiger partial charge in [0.25, 0.3) is 0 Å². The van der Waals surface area contributed by atoms with Gasteiger partial charge in [-0.1, -0.05) is 29.3 Å². The van der Waals surface area contributed by atoms with Gasteiger partial charge in [-0.15, -0.1) is 0 Å². The Hall–Kier alpha value is -2.15. The number of nitrogens with zero attached hydrogens (tertiary/aromatic N) is 3. The van der Waals surface area contributed by atoms with Gasteiger partial charge in [0.2, 0.25) is 5.95 Å². The standard InChI is InChI=1S/C28H32Cl2N5O2P/c1-38(2,36)26-12-19(29)6-10-25(26)33-27-24(30)14-31-28(34-27)32-20-7-3-17-4-8-21(9-5-18(17)11-20)35-15-23-13-22(35)16-37-23/h3,6-7,10-12,14,21-23H,4-5,8-9,13,15-16H2,1-2H3,(H2,31,32,33,34)/t21-,22+,23+/m1/s1. The molecule has 0 saturated carbocycles. The van der Waals surface area contributed by atoms with Gasteiger partial charge in [0, 0.05) is 34.6 Å². The van der Waals surface area contributed by atoms with Crippen molar-refractivity contribution >= 4 is 58.8 Å². The molecule has 1 aliphatic carbocycles. The number of ether oxygens (including phenoxy) is 1. The highest BCUT2D eigenvalue weighted by Crippen LogP contribution is 2.40. The SMILES string of the molecule is CP(C)(=O)c1cc(Cl)ccc1Nc1nc(Nc2ccc3c(c2)CC[C@H](N2C[C@@H]4C[C@H]2CO4)CC3)ncc1Cl. The van der Waals surface area contributed by atoms with E-state index in [1.807, 2.05) is 0 Å². The van der Waals surface area contributed by atoms with Crippen LogP contribution in [0.4, 0.5) is 23.1 Å². The monoisotopic (exact) mass is 571 g/mol. The van der Waals surface area contributed by atoms with Crippen LogP contribution in [0, 0.1) is 0 Å². The quantitative estimate of drug-likeness (QED) is 0.268. The van der Waals surface area contributed by atoms with E-state index in [0.29, 0.717) is 51.0 Å². The Bertz CT molecular complexity index is 1410. The number of rotatable bonds is 6. The number of halogens is 2. The normalized spacial score (nSPS) is 23.2. The minimum Gasteiger partial charge on any atom is -0.375 e.